The lowest BCUT2D eigenvalue weighted by molar-refractivity contribution is -0.137. The minimum Gasteiger partial charge on any atom is -0.493 e. The number of rotatable bonds is 6. The third-order valence-corrected chi connectivity index (χ3v) is 3.04. The number of amides is 1. The Kier molecular flexibility index (Phi) is 5.64. The SMILES string of the molecule is COc1ccc([C@@H](CC(=O)O)NC(C)=O)c(Cl)c1OC. The van der Waals surface area contributed by atoms with Crippen LogP contribution in [0.15, 0.2) is 12.1 Å². The number of benzene rings is 1. The lowest BCUT2D eigenvalue weighted by Gasteiger charge is -2.20. The van der Waals surface area contributed by atoms with Gasteiger partial charge >= 0.3 is 5.97 Å². The first-order valence-corrected chi connectivity index (χ1v) is 6.17. The molecular weight excluding hydrogens is 286 g/mol. The zero-order valence-corrected chi connectivity index (χ0v) is 12.2. The standard InChI is InChI=1S/C13H16ClNO5/c1-7(16)15-9(6-11(17)18)8-4-5-10(19-2)13(20-3)12(8)14/h4-5,9H,6H2,1-3H3,(H,15,16)(H,17,18)/t9-/m1/s1. The van der Waals surface area contributed by atoms with E-state index in [1.54, 1.807) is 12.1 Å². The van der Waals surface area contributed by atoms with E-state index >= 15 is 0 Å². The maximum atomic E-state index is 11.2. The van der Waals surface area contributed by atoms with Gasteiger partial charge in [0.15, 0.2) is 11.5 Å². The van der Waals surface area contributed by atoms with E-state index in [1.807, 2.05) is 0 Å². The molecule has 0 spiro atoms. The number of carbonyl (C=O) groups is 2. The second-order valence-corrected chi connectivity index (χ2v) is 4.43. The summed E-state index contributed by atoms with van der Waals surface area (Å²) in [5.74, 6) is -0.665. The average Bonchev–Trinajstić information content (AvgIpc) is 2.36. The van der Waals surface area contributed by atoms with Gasteiger partial charge in [0, 0.05) is 6.92 Å². The molecule has 1 atom stereocenters. The molecule has 7 heteroatoms. The van der Waals surface area contributed by atoms with Gasteiger partial charge in [-0.25, -0.2) is 0 Å². The van der Waals surface area contributed by atoms with Crippen molar-refractivity contribution in [1.29, 1.82) is 0 Å². The first kappa shape index (κ1) is 16.1. The Morgan fingerprint density at radius 1 is 1.35 bits per heavy atom. The molecule has 0 heterocycles. The Morgan fingerprint density at radius 2 is 2.00 bits per heavy atom. The molecule has 0 fully saturated rings. The molecule has 0 unspecified atom stereocenters. The molecule has 0 aliphatic heterocycles. The fourth-order valence-corrected chi connectivity index (χ4v) is 2.20. The minimum atomic E-state index is -1.05. The van der Waals surface area contributed by atoms with E-state index in [0.717, 1.165) is 0 Å². The molecule has 2 N–H and O–H groups in total. The summed E-state index contributed by atoms with van der Waals surface area (Å²) < 4.78 is 10.3. The zero-order chi connectivity index (χ0) is 15.3. The first-order valence-electron chi connectivity index (χ1n) is 5.80. The fraction of sp³-hybridized carbons (Fsp3) is 0.385. The predicted molar refractivity (Wildman–Crippen MR) is 73.4 cm³/mol. The van der Waals surface area contributed by atoms with Crippen LogP contribution in [0.1, 0.15) is 24.9 Å². The quantitative estimate of drug-likeness (QED) is 0.839. The monoisotopic (exact) mass is 301 g/mol. The molecule has 0 saturated heterocycles. The number of hydrogen-bond acceptors (Lipinski definition) is 4. The lowest BCUT2D eigenvalue weighted by atomic mass is 10.0. The van der Waals surface area contributed by atoms with E-state index in [4.69, 9.17) is 26.2 Å². The topological polar surface area (TPSA) is 84.9 Å². The largest absolute Gasteiger partial charge is 0.493 e. The highest BCUT2D eigenvalue weighted by atomic mass is 35.5. The third kappa shape index (κ3) is 3.77. The predicted octanol–water partition coefficient (Wildman–Crippen LogP) is 2.01. The summed E-state index contributed by atoms with van der Waals surface area (Å²) in [5, 5.41) is 11.7. The molecule has 0 saturated carbocycles. The second kappa shape index (κ2) is 7.00. The average molecular weight is 302 g/mol. The number of halogens is 1. The number of aliphatic carboxylic acids is 1. The van der Waals surface area contributed by atoms with Crippen LogP contribution in [0, 0.1) is 0 Å². The van der Waals surface area contributed by atoms with E-state index in [-0.39, 0.29) is 17.4 Å². The molecule has 0 radical (unpaired) electrons. The van der Waals surface area contributed by atoms with Gasteiger partial charge in [-0.05, 0) is 11.6 Å². The Morgan fingerprint density at radius 3 is 2.45 bits per heavy atom. The van der Waals surface area contributed by atoms with Crippen LogP contribution < -0.4 is 14.8 Å². The minimum absolute atomic E-state index is 0.215. The summed E-state index contributed by atoms with van der Waals surface area (Å²) in [6, 6.07) is 2.47. The zero-order valence-electron chi connectivity index (χ0n) is 11.4. The molecule has 1 aromatic carbocycles. The van der Waals surface area contributed by atoms with Crippen molar-refractivity contribution in [2.75, 3.05) is 14.2 Å². The van der Waals surface area contributed by atoms with Gasteiger partial charge in [0.2, 0.25) is 5.91 Å². The summed E-state index contributed by atoms with van der Waals surface area (Å²) in [6.07, 6.45) is -0.283. The maximum absolute atomic E-state index is 11.2. The lowest BCUT2D eigenvalue weighted by Crippen LogP contribution is -2.28. The number of carbonyl (C=O) groups excluding carboxylic acids is 1. The highest BCUT2D eigenvalue weighted by Gasteiger charge is 2.23. The van der Waals surface area contributed by atoms with Crippen LogP contribution in [0.5, 0.6) is 11.5 Å². The molecule has 6 nitrogen and oxygen atoms in total. The smallest absolute Gasteiger partial charge is 0.305 e. The van der Waals surface area contributed by atoms with Gasteiger partial charge in [-0.1, -0.05) is 17.7 Å². The van der Waals surface area contributed by atoms with Crippen LogP contribution in [-0.4, -0.2) is 31.2 Å². The van der Waals surface area contributed by atoms with Crippen molar-refractivity contribution in [1.82, 2.24) is 5.32 Å². The molecule has 0 aliphatic carbocycles. The molecule has 0 aliphatic rings. The van der Waals surface area contributed by atoms with Gasteiger partial charge in [0.05, 0.1) is 31.7 Å². The van der Waals surface area contributed by atoms with Crippen molar-refractivity contribution in [3.8, 4) is 11.5 Å². The fourth-order valence-electron chi connectivity index (χ4n) is 1.83. The number of ether oxygens (including phenoxy) is 2. The third-order valence-electron chi connectivity index (χ3n) is 2.65. The van der Waals surface area contributed by atoms with Crippen molar-refractivity contribution < 1.29 is 24.2 Å². The van der Waals surface area contributed by atoms with Crippen LogP contribution >= 0.6 is 11.6 Å². The summed E-state index contributed by atoms with van der Waals surface area (Å²) in [6.45, 7) is 1.31. The number of carboxylic acids is 1. The van der Waals surface area contributed by atoms with Crippen LogP contribution in [0.4, 0.5) is 0 Å². The van der Waals surface area contributed by atoms with Gasteiger partial charge in [-0.15, -0.1) is 0 Å². The normalized spacial score (nSPS) is 11.6. The Labute approximate surface area is 121 Å². The Bertz CT molecular complexity index is 502. The van der Waals surface area contributed by atoms with Crippen molar-refractivity contribution >= 4 is 23.5 Å². The van der Waals surface area contributed by atoms with Crippen molar-refractivity contribution in [2.45, 2.75) is 19.4 Å². The van der Waals surface area contributed by atoms with Crippen LogP contribution in [0.25, 0.3) is 0 Å². The molecule has 1 amide bonds. The summed E-state index contributed by atoms with van der Waals surface area (Å²) in [5.41, 5.74) is 0.460. The molecular formula is C13H16ClNO5. The van der Waals surface area contributed by atoms with Gasteiger partial charge < -0.3 is 19.9 Å². The highest BCUT2D eigenvalue weighted by molar-refractivity contribution is 6.33. The van der Waals surface area contributed by atoms with Crippen LogP contribution in [-0.2, 0) is 9.59 Å². The molecule has 0 bridgehead atoms. The summed E-state index contributed by atoms with van der Waals surface area (Å²) >= 11 is 6.21. The number of methoxy groups -OCH3 is 2. The molecule has 0 aromatic heterocycles. The van der Waals surface area contributed by atoms with E-state index in [2.05, 4.69) is 5.32 Å². The summed E-state index contributed by atoms with van der Waals surface area (Å²) in [7, 11) is 2.90. The van der Waals surface area contributed by atoms with Crippen molar-refractivity contribution in [3.05, 3.63) is 22.7 Å². The van der Waals surface area contributed by atoms with Crippen molar-refractivity contribution in [3.63, 3.8) is 0 Å². The first-order chi connectivity index (χ1) is 9.40. The van der Waals surface area contributed by atoms with E-state index in [9.17, 15) is 9.59 Å². The van der Waals surface area contributed by atoms with Crippen LogP contribution in [0.2, 0.25) is 5.02 Å². The molecule has 110 valence electrons. The number of carboxylic acid groups (broad SMARTS) is 1. The van der Waals surface area contributed by atoms with Crippen LogP contribution in [0.3, 0.4) is 0 Å². The van der Waals surface area contributed by atoms with E-state index in [0.29, 0.717) is 17.1 Å². The number of nitrogens with one attached hydrogen (secondary N) is 1. The second-order valence-electron chi connectivity index (χ2n) is 4.06. The van der Waals surface area contributed by atoms with E-state index < -0.39 is 12.0 Å². The maximum Gasteiger partial charge on any atom is 0.305 e. The molecule has 20 heavy (non-hydrogen) atoms. The number of hydrogen-bond donors (Lipinski definition) is 2. The van der Waals surface area contributed by atoms with Gasteiger partial charge in [0.25, 0.3) is 0 Å². The Balaban J connectivity index is 3.25. The van der Waals surface area contributed by atoms with Gasteiger partial charge in [-0.2, -0.15) is 0 Å². The Hall–Kier alpha value is -1.95. The van der Waals surface area contributed by atoms with E-state index in [1.165, 1.54) is 21.1 Å². The molecule has 1 rings (SSSR count). The summed E-state index contributed by atoms with van der Waals surface area (Å²) in [4.78, 5) is 22.1. The molecule has 1 aromatic rings. The van der Waals surface area contributed by atoms with Gasteiger partial charge in [-0.3, -0.25) is 9.59 Å². The highest BCUT2D eigenvalue weighted by Crippen LogP contribution is 2.40. The van der Waals surface area contributed by atoms with Gasteiger partial charge in [0.1, 0.15) is 0 Å². The van der Waals surface area contributed by atoms with Crippen molar-refractivity contribution in [2.24, 2.45) is 0 Å².